The van der Waals surface area contributed by atoms with Crippen LogP contribution < -0.4 is 10.1 Å². The van der Waals surface area contributed by atoms with E-state index in [1.165, 1.54) is 12.1 Å². The van der Waals surface area contributed by atoms with Crippen molar-refractivity contribution in [3.05, 3.63) is 59.7 Å². The average Bonchev–Trinajstić information content (AvgIpc) is 2.67. The van der Waals surface area contributed by atoms with E-state index < -0.39 is 23.6 Å². The largest absolute Gasteiger partial charge is 0.484 e. The Kier molecular flexibility index (Phi) is 7.43. The quantitative estimate of drug-likeness (QED) is 0.521. The van der Waals surface area contributed by atoms with E-state index in [1.807, 2.05) is 6.92 Å². The van der Waals surface area contributed by atoms with Crippen molar-refractivity contribution >= 4 is 17.6 Å². The highest BCUT2D eigenvalue weighted by molar-refractivity contribution is 5.93. The molecule has 0 saturated carbocycles. The van der Waals surface area contributed by atoms with Crippen LogP contribution in [-0.4, -0.2) is 25.1 Å². The van der Waals surface area contributed by atoms with Crippen LogP contribution in [0.2, 0.25) is 0 Å². The van der Waals surface area contributed by atoms with E-state index >= 15 is 0 Å². The zero-order valence-corrected chi connectivity index (χ0v) is 15.2. The van der Waals surface area contributed by atoms with Crippen LogP contribution in [-0.2, 0) is 15.7 Å². The molecule has 2 rings (SSSR count). The number of carbonyl (C=O) groups is 2. The second-order valence-electron chi connectivity index (χ2n) is 5.93. The van der Waals surface area contributed by atoms with Gasteiger partial charge in [0, 0.05) is 5.69 Å². The molecule has 150 valence electrons. The first-order valence-electron chi connectivity index (χ1n) is 8.66. The molecule has 0 aliphatic heterocycles. The Morgan fingerprint density at radius 1 is 1.00 bits per heavy atom. The molecule has 0 aliphatic rings. The van der Waals surface area contributed by atoms with Crippen LogP contribution in [0.4, 0.5) is 18.9 Å². The van der Waals surface area contributed by atoms with Gasteiger partial charge in [-0.1, -0.05) is 13.3 Å². The fourth-order valence-electron chi connectivity index (χ4n) is 2.17. The number of alkyl halides is 3. The van der Waals surface area contributed by atoms with Gasteiger partial charge in [0.1, 0.15) is 5.75 Å². The molecule has 0 fully saturated rings. The molecular weight excluding hydrogens is 375 g/mol. The van der Waals surface area contributed by atoms with E-state index in [2.05, 4.69) is 5.32 Å². The molecule has 1 amide bonds. The number of anilines is 1. The minimum atomic E-state index is -4.43. The lowest BCUT2D eigenvalue weighted by molar-refractivity contribution is -0.137. The number of hydrogen-bond donors (Lipinski definition) is 1. The maximum atomic E-state index is 12.5. The van der Waals surface area contributed by atoms with E-state index in [4.69, 9.17) is 9.47 Å². The molecule has 1 N–H and O–H groups in total. The van der Waals surface area contributed by atoms with Gasteiger partial charge in [0.15, 0.2) is 6.61 Å². The Bertz CT molecular complexity index is 787. The van der Waals surface area contributed by atoms with Crippen LogP contribution in [0.25, 0.3) is 0 Å². The first-order chi connectivity index (χ1) is 13.3. The van der Waals surface area contributed by atoms with E-state index in [1.54, 1.807) is 12.1 Å². The van der Waals surface area contributed by atoms with Crippen molar-refractivity contribution in [1.82, 2.24) is 0 Å². The number of nitrogens with one attached hydrogen (secondary N) is 1. The van der Waals surface area contributed by atoms with Gasteiger partial charge in [-0.3, -0.25) is 4.79 Å². The third-order valence-corrected chi connectivity index (χ3v) is 3.69. The molecule has 0 aliphatic carbocycles. The van der Waals surface area contributed by atoms with Gasteiger partial charge in [-0.05, 0) is 55.0 Å². The summed E-state index contributed by atoms with van der Waals surface area (Å²) >= 11 is 0. The van der Waals surface area contributed by atoms with Crippen LogP contribution in [0.3, 0.4) is 0 Å². The number of amides is 1. The SMILES string of the molecule is CCCCOC(=O)c1ccc(NC(=O)COc2ccc(C(F)(F)F)cc2)cc1. The molecule has 0 saturated heterocycles. The van der Waals surface area contributed by atoms with Crippen LogP contribution >= 0.6 is 0 Å². The molecule has 0 heterocycles. The number of rotatable bonds is 8. The lowest BCUT2D eigenvalue weighted by atomic mass is 10.2. The van der Waals surface area contributed by atoms with E-state index in [-0.39, 0.29) is 12.4 Å². The molecule has 2 aromatic carbocycles. The second-order valence-corrected chi connectivity index (χ2v) is 5.93. The fourth-order valence-corrected chi connectivity index (χ4v) is 2.17. The number of unbranched alkanes of at least 4 members (excludes halogenated alkanes) is 1. The zero-order chi connectivity index (χ0) is 20.6. The maximum absolute atomic E-state index is 12.5. The standard InChI is InChI=1S/C20H20F3NO4/c1-2-3-12-27-19(26)14-4-8-16(9-5-14)24-18(25)13-28-17-10-6-15(7-11-17)20(21,22)23/h4-11H,2-3,12-13H2,1H3,(H,24,25). The van der Waals surface area contributed by atoms with Crippen molar-refractivity contribution in [1.29, 1.82) is 0 Å². The van der Waals surface area contributed by atoms with Crippen LogP contribution in [0.5, 0.6) is 5.75 Å². The molecule has 28 heavy (non-hydrogen) atoms. The molecular formula is C20H20F3NO4. The van der Waals surface area contributed by atoms with Gasteiger partial charge in [-0.15, -0.1) is 0 Å². The van der Waals surface area contributed by atoms with Gasteiger partial charge < -0.3 is 14.8 Å². The minimum absolute atomic E-state index is 0.147. The number of halogens is 3. The molecule has 5 nitrogen and oxygen atoms in total. The number of esters is 1. The highest BCUT2D eigenvalue weighted by Gasteiger charge is 2.30. The topological polar surface area (TPSA) is 64.6 Å². The van der Waals surface area contributed by atoms with Gasteiger partial charge in [-0.25, -0.2) is 4.79 Å². The first kappa shape index (κ1) is 21.3. The molecule has 0 atom stereocenters. The molecule has 8 heteroatoms. The first-order valence-corrected chi connectivity index (χ1v) is 8.66. The van der Waals surface area contributed by atoms with Crippen LogP contribution in [0.15, 0.2) is 48.5 Å². The number of hydrogen-bond acceptors (Lipinski definition) is 4. The van der Waals surface area contributed by atoms with Crippen molar-refractivity contribution in [2.45, 2.75) is 25.9 Å². The Labute approximate surface area is 160 Å². The third kappa shape index (κ3) is 6.61. The molecule has 0 unspecified atom stereocenters. The summed E-state index contributed by atoms with van der Waals surface area (Å²) in [5.74, 6) is -0.775. The Balaban J connectivity index is 1.82. The highest BCUT2D eigenvalue weighted by atomic mass is 19.4. The van der Waals surface area contributed by atoms with Crippen LogP contribution in [0, 0.1) is 0 Å². The Hall–Kier alpha value is -3.03. The van der Waals surface area contributed by atoms with Crippen LogP contribution in [0.1, 0.15) is 35.7 Å². The Morgan fingerprint density at radius 2 is 1.64 bits per heavy atom. The van der Waals surface area contributed by atoms with Gasteiger partial charge in [-0.2, -0.15) is 13.2 Å². The summed E-state index contributed by atoms with van der Waals surface area (Å²) < 4.78 is 47.8. The van der Waals surface area contributed by atoms with E-state index in [0.717, 1.165) is 37.1 Å². The smallest absolute Gasteiger partial charge is 0.416 e. The predicted molar refractivity (Wildman–Crippen MR) is 97.2 cm³/mol. The van der Waals surface area contributed by atoms with Crippen molar-refractivity contribution < 1.29 is 32.2 Å². The monoisotopic (exact) mass is 395 g/mol. The van der Waals surface area contributed by atoms with Gasteiger partial charge in [0.25, 0.3) is 5.91 Å². The van der Waals surface area contributed by atoms with Gasteiger partial charge in [0.2, 0.25) is 0 Å². The van der Waals surface area contributed by atoms with Crippen molar-refractivity contribution in [2.24, 2.45) is 0 Å². The fraction of sp³-hybridized carbons (Fsp3) is 0.300. The van der Waals surface area contributed by atoms with Gasteiger partial charge >= 0.3 is 12.1 Å². The summed E-state index contributed by atoms with van der Waals surface area (Å²) in [5.41, 5.74) is 0.0267. The number of benzene rings is 2. The maximum Gasteiger partial charge on any atom is 0.416 e. The summed E-state index contributed by atoms with van der Waals surface area (Å²) in [6.45, 7) is 1.98. The summed E-state index contributed by atoms with van der Waals surface area (Å²) in [7, 11) is 0. The summed E-state index contributed by atoms with van der Waals surface area (Å²) in [5, 5.41) is 2.57. The summed E-state index contributed by atoms with van der Waals surface area (Å²) in [4.78, 5) is 23.7. The average molecular weight is 395 g/mol. The van der Waals surface area contributed by atoms with Crippen molar-refractivity contribution in [3.63, 3.8) is 0 Å². The second kappa shape index (κ2) is 9.77. The minimum Gasteiger partial charge on any atom is -0.484 e. The Morgan fingerprint density at radius 3 is 2.21 bits per heavy atom. The lowest BCUT2D eigenvalue weighted by Gasteiger charge is -2.10. The lowest BCUT2D eigenvalue weighted by Crippen LogP contribution is -2.20. The van der Waals surface area contributed by atoms with E-state index in [0.29, 0.717) is 17.9 Å². The zero-order valence-electron chi connectivity index (χ0n) is 15.2. The molecule has 0 aromatic heterocycles. The summed E-state index contributed by atoms with van der Waals surface area (Å²) in [6.07, 6.45) is -2.71. The van der Waals surface area contributed by atoms with Crippen molar-refractivity contribution in [3.8, 4) is 5.75 Å². The highest BCUT2D eigenvalue weighted by Crippen LogP contribution is 2.30. The normalized spacial score (nSPS) is 11.0. The number of ether oxygens (including phenoxy) is 2. The molecule has 0 radical (unpaired) electrons. The molecule has 0 spiro atoms. The molecule has 0 bridgehead atoms. The summed E-state index contributed by atoms with van der Waals surface area (Å²) in [6, 6.07) is 10.2. The number of carbonyl (C=O) groups excluding carboxylic acids is 2. The molecule has 2 aromatic rings. The van der Waals surface area contributed by atoms with Gasteiger partial charge in [0.05, 0.1) is 17.7 Å². The predicted octanol–water partition coefficient (Wildman–Crippen LogP) is 4.68. The third-order valence-electron chi connectivity index (χ3n) is 3.69. The van der Waals surface area contributed by atoms with Crippen molar-refractivity contribution in [2.75, 3.05) is 18.5 Å². The van der Waals surface area contributed by atoms with E-state index in [9.17, 15) is 22.8 Å².